The summed E-state index contributed by atoms with van der Waals surface area (Å²) in [4.78, 5) is 12.3. The molecule has 0 heterocycles. The van der Waals surface area contributed by atoms with Gasteiger partial charge in [-0.1, -0.05) is 36.4 Å². The predicted octanol–water partition coefficient (Wildman–Crippen LogP) is 2.67. The molecule has 0 aromatic heterocycles. The zero-order valence-corrected chi connectivity index (χ0v) is 21.6. The Kier molecular flexibility index (Phi) is 10.1. The minimum atomic E-state index is -1.89. The van der Waals surface area contributed by atoms with E-state index in [1.165, 1.54) is 33.5 Å². The molecule has 0 unspecified atom stereocenters. The number of methoxy groups -OCH3 is 3. The highest BCUT2D eigenvalue weighted by Gasteiger charge is 2.50. The number of hydrogen-bond donors (Lipinski definition) is 4. The number of carbonyl (C=O) groups is 1. The summed E-state index contributed by atoms with van der Waals surface area (Å²) in [5, 5.41) is 41.7. The summed E-state index contributed by atoms with van der Waals surface area (Å²) >= 11 is 0. The fourth-order valence-electron chi connectivity index (χ4n) is 4.25. The van der Waals surface area contributed by atoms with Gasteiger partial charge in [0.15, 0.2) is 28.6 Å². The van der Waals surface area contributed by atoms with Crippen LogP contribution in [0.4, 0.5) is 0 Å². The number of hydrogen-bond acceptors (Lipinski definition) is 10. The third kappa shape index (κ3) is 7.26. The summed E-state index contributed by atoms with van der Waals surface area (Å²) in [5.74, 6) is -0.124. The molecule has 206 valence electrons. The van der Waals surface area contributed by atoms with Crippen molar-refractivity contribution >= 4 is 18.1 Å². The van der Waals surface area contributed by atoms with Crippen molar-refractivity contribution in [2.24, 2.45) is 0 Å². The lowest BCUT2D eigenvalue weighted by Gasteiger charge is -2.41. The van der Waals surface area contributed by atoms with E-state index in [2.05, 4.69) is 0 Å². The molecule has 38 heavy (non-hydrogen) atoms. The van der Waals surface area contributed by atoms with Gasteiger partial charge in [-0.25, -0.2) is 4.79 Å². The lowest BCUT2D eigenvalue weighted by atomic mass is 9.79. The predicted molar refractivity (Wildman–Crippen MR) is 139 cm³/mol. The second-order valence-electron chi connectivity index (χ2n) is 8.83. The first-order chi connectivity index (χ1) is 18.2. The number of carbonyl (C=O) groups excluding carboxylic acids is 1. The molecule has 0 aliphatic heterocycles. The normalized spacial score (nSPS) is 23.6. The van der Waals surface area contributed by atoms with Gasteiger partial charge in [-0.3, -0.25) is 0 Å². The Balaban J connectivity index is 1.62. The van der Waals surface area contributed by atoms with E-state index in [4.69, 9.17) is 23.7 Å². The number of ether oxygens (including phenoxy) is 5. The number of benzene rings is 2. The highest BCUT2D eigenvalue weighted by molar-refractivity contribution is 5.79. The average molecular weight is 531 g/mol. The smallest absolute Gasteiger partial charge is 0.338 e. The van der Waals surface area contributed by atoms with Crippen LogP contribution in [0, 0.1) is 0 Å². The van der Waals surface area contributed by atoms with Crippen LogP contribution in [-0.4, -0.2) is 84.9 Å². The Morgan fingerprint density at radius 3 is 1.68 bits per heavy atom. The SMILES string of the molecule is COC(=O)C1(O)C[C@@H](OC/C=C/c2ccc(OC)c(O)c2)C(O)[C@H](OC/C=C/c2ccc(OC)c(O)c2)C1. The fraction of sp³-hybridized carbons (Fsp3) is 0.393. The first-order valence-electron chi connectivity index (χ1n) is 12.0. The molecule has 2 aromatic carbocycles. The van der Waals surface area contributed by atoms with E-state index in [1.54, 1.807) is 48.6 Å². The van der Waals surface area contributed by atoms with E-state index in [0.717, 1.165) is 0 Å². The summed E-state index contributed by atoms with van der Waals surface area (Å²) in [5.41, 5.74) is -0.471. The lowest BCUT2D eigenvalue weighted by molar-refractivity contribution is -0.200. The zero-order valence-electron chi connectivity index (χ0n) is 21.6. The van der Waals surface area contributed by atoms with Crippen molar-refractivity contribution in [1.29, 1.82) is 0 Å². The van der Waals surface area contributed by atoms with Crippen LogP contribution in [0.25, 0.3) is 12.2 Å². The number of phenols is 2. The standard InChI is InChI=1S/C28H34O10/c1-34-22-10-8-18(14-20(22)29)6-4-12-37-24-16-28(33,27(32)36-3)17-25(26(24)31)38-13-5-7-19-9-11-23(35-2)21(30)15-19/h4-11,14-15,24-26,29-31,33H,12-13,16-17H2,1-3H3/b6-4+,7-5+/t24-,25-,26?,28?/m1/s1. The maximum Gasteiger partial charge on any atom is 0.338 e. The van der Waals surface area contributed by atoms with Crippen LogP contribution in [0.1, 0.15) is 24.0 Å². The number of esters is 1. The molecule has 0 spiro atoms. The second-order valence-corrected chi connectivity index (χ2v) is 8.83. The monoisotopic (exact) mass is 530 g/mol. The molecule has 0 radical (unpaired) electrons. The Labute approximate surface area is 221 Å². The highest BCUT2D eigenvalue weighted by Crippen LogP contribution is 2.34. The molecule has 10 heteroatoms. The first kappa shape index (κ1) is 29.0. The molecule has 0 amide bonds. The molecule has 4 N–H and O–H groups in total. The number of phenolic OH excluding ortho intramolecular Hbond substituents is 2. The van der Waals surface area contributed by atoms with Crippen molar-refractivity contribution in [3.05, 3.63) is 59.7 Å². The van der Waals surface area contributed by atoms with Gasteiger partial charge in [-0.05, 0) is 35.4 Å². The van der Waals surface area contributed by atoms with Crippen molar-refractivity contribution in [3.63, 3.8) is 0 Å². The molecule has 2 atom stereocenters. The first-order valence-corrected chi connectivity index (χ1v) is 12.0. The molecule has 10 nitrogen and oxygen atoms in total. The fourth-order valence-corrected chi connectivity index (χ4v) is 4.25. The van der Waals surface area contributed by atoms with Crippen LogP contribution in [0.15, 0.2) is 48.6 Å². The van der Waals surface area contributed by atoms with Gasteiger partial charge < -0.3 is 44.1 Å². The number of rotatable bonds is 11. The zero-order chi connectivity index (χ0) is 27.7. The summed E-state index contributed by atoms with van der Waals surface area (Å²) in [6, 6.07) is 9.84. The van der Waals surface area contributed by atoms with E-state index >= 15 is 0 Å². The molecule has 3 rings (SSSR count). The molecule has 1 fully saturated rings. The summed E-state index contributed by atoms with van der Waals surface area (Å²) in [6.45, 7) is 0.138. The number of aliphatic hydroxyl groups excluding tert-OH is 1. The molecule has 1 saturated carbocycles. The second kappa shape index (κ2) is 13.3. The van der Waals surface area contributed by atoms with E-state index in [1.807, 2.05) is 0 Å². The average Bonchev–Trinajstić information content (AvgIpc) is 2.91. The summed E-state index contributed by atoms with van der Waals surface area (Å²) in [6.07, 6.45) is 3.54. The van der Waals surface area contributed by atoms with Gasteiger partial charge in [-0.15, -0.1) is 0 Å². The van der Waals surface area contributed by atoms with Gasteiger partial charge in [-0.2, -0.15) is 0 Å². The topological polar surface area (TPSA) is 144 Å². The molecule has 0 bridgehead atoms. The van der Waals surface area contributed by atoms with Gasteiger partial charge in [0.05, 0.1) is 46.8 Å². The van der Waals surface area contributed by atoms with Crippen molar-refractivity contribution in [2.75, 3.05) is 34.5 Å². The quantitative estimate of drug-likeness (QED) is 0.320. The van der Waals surface area contributed by atoms with Crippen molar-refractivity contribution in [1.82, 2.24) is 0 Å². The molecule has 1 aliphatic carbocycles. The van der Waals surface area contributed by atoms with Crippen molar-refractivity contribution in [2.45, 2.75) is 36.8 Å². The number of aromatic hydroxyl groups is 2. The van der Waals surface area contributed by atoms with Crippen molar-refractivity contribution < 1.29 is 48.9 Å². The molecular formula is C28H34O10. The van der Waals surface area contributed by atoms with E-state index in [-0.39, 0.29) is 37.6 Å². The minimum Gasteiger partial charge on any atom is -0.504 e. The lowest BCUT2D eigenvalue weighted by Crippen LogP contribution is -2.57. The number of aliphatic hydroxyl groups is 2. The maximum absolute atomic E-state index is 12.3. The Morgan fingerprint density at radius 2 is 1.32 bits per heavy atom. The minimum absolute atomic E-state index is 0.000699. The van der Waals surface area contributed by atoms with E-state index in [0.29, 0.717) is 22.6 Å². The summed E-state index contributed by atoms with van der Waals surface area (Å²) < 4.78 is 26.4. The van der Waals surface area contributed by atoms with Crippen LogP contribution in [-0.2, 0) is 19.0 Å². The summed E-state index contributed by atoms with van der Waals surface area (Å²) in [7, 11) is 4.10. The van der Waals surface area contributed by atoms with Crippen LogP contribution in [0.5, 0.6) is 23.0 Å². The van der Waals surface area contributed by atoms with Crippen LogP contribution in [0.2, 0.25) is 0 Å². The molecule has 2 aromatic rings. The van der Waals surface area contributed by atoms with Crippen molar-refractivity contribution in [3.8, 4) is 23.0 Å². The Hall–Kier alpha value is -3.57. The van der Waals surface area contributed by atoms with Crippen LogP contribution < -0.4 is 9.47 Å². The Morgan fingerprint density at radius 1 is 0.868 bits per heavy atom. The van der Waals surface area contributed by atoms with Gasteiger partial charge in [0.25, 0.3) is 0 Å². The largest absolute Gasteiger partial charge is 0.504 e. The van der Waals surface area contributed by atoms with Gasteiger partial charge in [0.2, 0.25) is 0 Å². The van der Waals surface area contributed by atoms with E-state index < -0.39 is 29.9 Å². The highest BCUT2D eigenvalue weighted by atomic mass is 16.5. The van der Waals surface area contributed by atoms with Gasteiger partial charge in [0, 0.05) is 12.8 Å². The van der Waals surface area contributed by atoms with Gasteiger partial charge >= 0.3 is 5.97 Å². The molecular weight excluding hydrogens is 496 g/mol. The van der Waals surface area contributed by atoms with Crippen LogP contribution >= 0.6 is 0 Å². The third-order valence-electron chi connectivity index (χ3n) is 6.24. The Bertz CT molecular complexity index is 1060. The maximum atomic E-state index is 12.3. The molecule has 1 aliphatic rings. The van der Waals surface area contributed by atoms with Crippen LogP contribution in [0.3, 0.4) is 0 Å². The van der Waals surface area contributed by atoms with Gasteiger partial charge in [0.1, 0.15) is 6.10 Å². The molecule has 0 saturated heterocycles. The van der Waals surface area contributed by atoms with E-state index in [9.17, 15) is 25.2 Å². The third-order valence-corrected chi connectivity index (χ3v) is 6.24.